The summed E-state index contributed by atoms with van der Waals surface area (Å²) in [5.41, 5.74) is -0.623. The highest BCUT2D eigenvalue weighted by molar-refractivity contribution is 6.37. The van der Waals surface area contributed by atoms with Gasteiger partial charge in [0.15, 0.2) is 5.82 Å². The van der Waals surface area contributed by atoms with E-state index in [1.54, 1.807) is 72.1 Å². The molecule has 11 nitrogen and oxygen atoms in total. The minimum Gasteiger partial charge on any atom is -0.489 e. The molecule has 1 saturated heterocycles. The minimum atomic E-state index is -0.908. The molecule has 0 saturated carbocycles. The summed E-state index contributed by atoms with van der Waals surface area (Å²) >= 11 is 12.6. The van der Waals surface area contributed by atoms with E-state index in [4.69, 9.17) is 42.1 Å². The van der Waals surface area contributed by atoms with Crippen molar-refractivity contribution < 1.29 is 28.5 Å². The molecular weight excluding hydrogens is 597 g/mol. The van der Waals surface area contributed by atoms with Crippen molar-refractivity contribution in [2.45, 2.75) is 77.9 Å². The molecule has 5 rings (SSSR count). The number of anilines is 1. The molecule has 1 aliphatic rings. The van der Waals surface area contributed by atoms with Gasteiger partial charge in [0.1, 0.15) is 46.8 Å². The van der Waals surface area contributed by atoms with Gasteiger partial charge in [-0.2, -0.15) is 4.90 Å². The molecule has 13 heteroatoms. The van der Waals surface area contributed by atoms with Gasteiger partial charge in [-0.15, -0.1) is 0 Å². The van der Waals surface area contributed by atoms with Gasteiger partial charge in [-0.3, -0.25) is 4.98 Å². The Morgan fingerprint density at radius 2 is 1.70 bits per heavy atom. The number of benzene rings is 1. The molecule has 0 aliphatic carbocycles. The Morgan fingerprint density at radius 3 is 2.37 bits per heavy atom. The lowest BCUT2D eigenvalue weighted by molar-refractivity contribution is -0.0155. The second kappa shape index (κ2) is 11.8. The van der Waals surface area contributed by atoms with E-state index >= 15 is 0 Å². The molecule has 0 N–H and O–H groups in total. The van der Waals surface area contributed by atoms with Crippen molar-refractivity contribution in [1.29, 1.82) is 0 Å². The van der Waals surface area contributed by atoms with Crippen LogP contribution < -0.4 is 9.64 Å². The van der Waals surface area contributed by atoms with Gasteiger partial charge >= 0.3 is 12.2 Å². The molecule has 3 aromatic heterocycles. The maximum Gasteiger partial charge on any atom is 0.425 e. The number of nitrogens with zero attached hydrogens (tertiary/aromatic N) is 5. The van der Waals surface area contributed by atoms with E-state index in [1.807, 2.05) is 10.6 Å². The standard InChI is InChI=1S/C30H33Cl2N5O6/c1-29(2,3)42-27(38)37(28(39)43-30(4,5)6)26-20-11-12-36(25(20)34-16-35-26)22-10-8-19(41-22)15-40-21-9-7-17-13-18(31)14-33-24(17)23(21)32/h7,9,11-14,16,19,22H,8,10,15H2,1-6H3. The Morgan fingerprint density at radius 1 is 1.00 bits per heavy atom. The normalized spacial score (nSPS) is 17.3. The molecule has 2 unspecified atom stereocenters. The van der Waals surface area contributed by atoms with Gasteiger partial charge in [-0.1, -0.05) is 23.2 Å². The molecule has 1 fully saturated rings. The van der Waals surface area contributed by atoms with Crippen LogP contribution >= 0.6 is 23.2 Å². The topological polar surface area (TPSA) is 118 Å². The number of carbonyl (C=O) groups is 2. The summed E-state index contributed by atoms with van der Waals surface area (Å²) in [6.45, 7) is 10.5. The van der Waals surface area contributed by atoms with Crippen LogP contribution in [0, 0.1) is 0 Å². The van der Waals surface area contributed by atoms with Crippen LogP contribution in [0.25, 0.3) is 21.9 Å². The van der Waals surface area contributed by atoms with Crippen LogP contribution in [0.15, 0.2) is 43.0 Å². The van der Waals surface area contributed by atoms with Crippen LogP contribution in [0.2, 0.25) is 10.0 Å². The molecule has 2 atom stereocenters. The zero-order valence-corrected chi connectivity index (χ0v) is 26.3. The largest absolute Gasteiger partial charge is 0.489 e. The van der Waals surface area contributed by atoms with Crippen molar-refractivity contribution >= 4 is 63.1 Å². The first-order valence-electron chi connectivity index (χ1n) is 13.8. The number of hydrogen-bond acceptors (Lipinski definition) is 9. The number of halogens is 2. The van der Waals surface area contributed by atoms with Crippen LogP contribution in [0.3, 0.4) is 0 Å². The lowest BCUT2D eigenvalue weighted by atomic mass is 10.2. The summed E-state index contributed by atoms with van der Waals surface area (Å²) in [5.74, 6) is 0.551. The van der Waals surface area contributed by atoms with Gasteiger partial charge in [-0.25, -0.2) is 19.6 Å². The third kappa shape index (κ3) is 6.95. The van der Waals surface area contributed by atoms with Crippen molar-refractivity contribution in [3.63, 3.8) is 0 Å². The van der Waals surface area contributed by atoms with E-state index in [2.05, 4.69) is 15.0 Å². The molecule has 43 heavy (non-hydrogen) atoms. The molecule has 4 heterocycles. The van der Waals surface area contributed by atoms with Crippen LogP contribution in [-0.2, 0) is 14.2 Å². The van der Waals surface area contributed by atoms with Gasteiger partial charge in [0.05, 0.1) is 22.0 Å². The Kier molecular flexibility index (Phi) is 8.43. The first kappa shape index (κ1) is 30.8. The number of aromatic nitrogens is 4. The Hall–Kier alpha value is -3.67. The van der Waals surface area contributed by atoms with E-state index in [-0.39, 0.29) is 24.8 Å². The van der Waals surface area contributed by atoms with Crippen molar-refractivity contribution in [3.8, 4) is 5.75 Å². The van der Waals surface area contributed by atoms with Crippen molar-refractivity contribution in [2.24, 2.45) is 0 Å². The first-order valence-corrected chi connectivity index (χ1v) is 14.6. The minimum absolute atomic E-state index is 0.0472. The van der Waals surface area contributed by atoms with Crippen molar-refractivity contribution in [1.82, 2.24) is 19.5 Å². The average molecular weight is 631 g/mol. The predicted octanol–water partition coefficient (Wildman–Crippen LogP) is 7.72. The maximum atomic E-state index is 13.2. The summed E-state index contributed by atoms with van der Waals surface area (Å²) < 4.78 is 25.2. The molecule has 228 valence electrons. The third-order valence-electron chi connectivity index (χ3n) is 6.39. The lowest BCUT2D eigenvalue weighted by Gasteiger charge is -2.28. The average Bonchev–Trinajstić information content (AvgIpc) is 3.54. The van der Waals surface area contributed by atoms with E-state index in [1.165, 1.54) is 6.33 Å². The Balaban J connectivity index is 1.35. The highest BCUT2D eigenvalue weighted by Crippen LogP contribution is 2.36. The quantitative estimate of drug-likeness (QED) is 0.218. The molecule has 0 radical (unpaired) electrons. The van der Waals surface area contributed by atoms with Crippen molar-refractivity contribution in [2.75, 3.05) is 11.5 Å². The van der Waals surface area contributed by atoms with E-state index < -0.39 is 23.4 Å². The number of hydrogen-bond donors (Lipinski definition) is 0. The number of pyridine rings is 1. The summed E-state index contributed by atoms with van der Waals surface area (Å²) in [5, 5.41) is 2.21. The van der Waals surface area contributed by atoms with Gasteiger partial charge in [0.25, 0.3) is 0 Å². The number of amides is 2. The molecule has 2 amide bonds. The summed E-state index contributed by atoms with van der Waals surface area (Å²) in [6, 6.07) is 7.16. The monoisotopic (exact) mass is 629 g/mol. The zero-order valence-electron chi connectivity index (χ0n) is 24.8. The molecule has 0 bridgehead atoms. The van der Waals surface area contributed by atoms with Gasteiger partial charge in [-0.05, 0) is 78.6 Å². The second-order valence-corrected chi connectivity index (χ2v) is 13.0. The summed E-state index contributed by atoms with van der Waals surface area (Å²) in [4.78, 5) is 40.3. The molecule has 1 aliphatic heterocycles. The molecule has 0 spiro atoms. The number of fused-ring (bicyclic) bond motifs is 2. The number of carbonyl (C=O) groups excluding carboxylic acids is 2. The van der Waals surface area contributed by atoms with Crippen LogP contribution in [-0.4, -0.2) is 55.6 Å². The van der Waals surface area contributed by atoms with Crippen LogP contribution in [0.4, 0.5) is 15.4 Å². The fourth-order valence-corrected chi connectivity index (χ4v) is 5.10. The third-order valence-corrected chi connectivity index (χ3v) is 6.97. The van der Waals surface area contributed by atoms with Crippen molar-refractivity contribution in [3.05, 3.63) is 53.0 Å². The molecular formula is C30H33Cl2N5O6. The van der Waals surface area contributed by atoms with Gasteiger partial charge in [0.2, 0.25) is 0 Å². The highest BCUT2D eigenvalue weighted by atomic mass is 35.5. The summed E-state index contributed by atoms with van der Waals surface area (Å²) in [7, 11) is 0. The lowest BCUT2D eigenvalue weighted by Crippen LogP contribution is -2.44. The number of ether oxygens (including phenoxy) is 4. The second-order valence-electron chi connectivity index (χ2n) is 12.2. The van der Waals surface area contributed by atoms with Gasteiger partial charge in [0, 0.05) is 17.8 Å². The Labute approximate surface area is 259 Å². The smallest absolute Gasteiger partial charge is 0.425 e. The maximum absolute atomic E-state index is 13.2. The fraction of sp³-hybridized carbons (Fsp3) is 0.433. The van der Waals surface area contributed by atoms with E-state index in [9.17, 15) is 9.59 Å². The first-order chi connectivity index (χ1) is 20.2. The fourth-order valence-electron chi connectivity index (χ4n) is 4.66. The number of rotatable bonds is 5. The molecule has 1 aromatic carbocycles. The number of imide groups is 1. The SMILES string of the molecule is CC(C)(C)OC(=O)N(C(=O)OC(C)(C)C)c1ncnc2c1ccn2C1CCC(COc2ccc3cc(Cl)cnc3c2Cl)O1. The summed E-state index contributed by atoms with van der Waals surface area (Å²) in [6.07, 6.45) is 3.64. The van der Waals surface area contributed by atoms with Gasteiger partial charge < -0.3 is 23.5 Å². The Bertz CT molecular complexity index is 1650. The van der Waals surface area contributed by atoms with Crippen LogP contribution in [0.5, 0.6) is 5.75 Å². The highest BCUT2D eigenvalue weighted by Gasteiger charge is 2.36. The van der Waals surface area contributed by atoms with E-state index in [0.29, 0.717) is 38.8 Å². The zero-order chi connectivity index (χ0) is 31.1. The predicted molar refractivity (Wildman–Crippen MR) is 163 cm³/mol. The van der Waals surface area contributed by atoms with E-state index in [0.717, 1.165) is 16.7 Å². The molecule has 4 aromatic rings. The van der Waals surface area contributed by atoms with Crippen LogP contribution in [0.1, 0.15) is 60.6 Å².